The van der Waals surface area contributed by atoms with E-state index in [0.29, 0.717) is 11.5 Å². The molecule has 1 aliphatic carbocycles. The van der Waals surface area contributed by atoms with Crippen LogP contribution in [0.2, 0.25) is 18.6 Å². The molecular weight excluding hydrogens is 773 g/mol. The summed E-state index contributed by atoms with van der Waals surface area (Å²) in [5.74, 6) is 0.407. The molecule has 11 aromatic rings. The Balaban J connectivity index is 1.14. The number of allylic oxidation sites excluding steroid dienone is 4. The number of hydrogen-bond acceptors (Lipinski definition) is 0. The fraction of sp³-hybridized carbons (Fsp3) is 0.0645. The van der Waals surface area contributed by atoms with Crippen LogP contribution in [0.25, 0.3) is 109 Å². The Morgan fingerprint density at radius 1 is 0.349 bits per heavy atom. The van der Waals surface area contributed by atoms with Gasteiger partial charge in [-0.2, -0.15) is 0 Å². The van der Waals surface area contributed by atoms with Gasteiger partial charge in [0, 0.05) is 5.92 Å². The van der Waals surface area contributed by atoms with Crippen molar-refractivity contribution in [3.05, 3.63) is 224 Å². The van der Waals surface area contributed by atoms with Crippen molar-refractivity contribution in [2.75, 3.05) is 0 Å². The monoisotopic (exact) mass is 816 g/mol. The van der Waals surface area contributed by atoms with Crippen LogP contribution < -0.4 is 5.19 Å². The molecule has 63 heavy (non-hydrogen) atoms. The maximum absolute atomic E-state index is 2.66. The van der Waals surface area contributed by atoms with Gasteiger partial charge in [-0.3, -0.25) is 0 Å². The highest BCUT2D eigenvalue weighted by molar-refractivity contribution is 6.93. The second-order valence-corrected chi connectivity index (χ2v) is 23.0. The Morgan fingerprint density at radius 2 is 0.873 bits per heavy atom. The number of benzene rings is 11. The summed E-state index contributed by atoms with van der Waals surface area (Å²) in [5, 5.41) is 14.7. The van der Waals surface area contributed by atoms with Crippen molar-refractivity contribution in [2.24, 2.45) is 0 Å². The highest BCUT2D eigenvalue weighted by Gasteiger charge is 2.46. The molecule has 0 fully saturated rings. The van der Waals surface area contributed by atoms with Crippen molar-refractivity contribution in [1.29, 1.82) is 0 Å². The van der Waals surface area contributed by atoms with Crippen LogP contribution in [-0.4, -0.2) is 8.07 Å². The molecule has 1 heteroatoms. The summed E-state index contributed by atoms with van der Waals surface area (Å²) >= 11 is 0. The van der Waals surface area contributed by atoms with Crippen LogP contribution in [-0.2, 0) is 0 Å². The lowest BCUT2D eigenvalue weighted by Crippen LogP contribution is -2.41. The SMILES string of the molecule is C[Si]1(C)c2cc3c(-c4ccc(-c5ccccc5)cc4)c4cc(-c5cc6cccc7ccc8cccc5c8c76)ccc4c(-c4ccc(-c5ccccc5)cc4)c3cc2C2C=CC=CC21. The largest absolute Gasteiger partial charge is 0.0887 e. The van der Waals surface area contributed by atoms with E-state index in [4.69, 9.17) is 0 Å². The zero-order chi connectivity index (χ0) is 41.8. The van der Waals surface area contributed by atoms with E-state index >= 15 is 0 Å². The topological polar surface area (TPSA) is 0 Å². The van der Waals surface area contributed by atoms with E-state index in [1.54, 1.807) is 5.19 Å². The summed E-state index contributed by atoms with van der Waals surface area (Å²) in [6.45, 7) is 5.19. The second kappa shape index (κ2) is 13.8. The Hall–Kier alpha value is -7.32. The predicted octanol–water partition coefficient (Wildman–Crippen LogP) is 16.7. The molecule has 0 spiro atoms. The lowest BCUT2D eigenvalue weighted by molar-refractivity contribution is 0.858. The third-order valence-electron chi connectivity index (χ3n) is 14.7. The Kier molecular flexibility index (Phi) is 7.99. The maximum atomic E-state index is 2.66. The first-order valence-corrected chi connectivity index (χ1v) is 25.5. The lowest BCUT2D eigenvalue weighted by Gasteiger charge is -2.27. The van der Waals surface area contributed by atoms with Gasteiger partial charge in [0.2, 0.25) is 0 Å². The summed E-state index contributed by atoms with van der Waals surface area (Å²) < 4.78 is 0. The zero-order valence-corrected chi connectivity index (χ0v) is 36.4. The van der Waals surface area contributed by atoms with Gasteiger partial charge in [-0.15, -0.1) is 0 Å². The molecule has 2 unspecified atom stereocenters. The van der Waals surface area contributed by atoms with Gasteiger partial charge in [0.05, 0.1) is 8.07 Å². The van der Waals surface area contributed by atoms with Crippen molar-refractivity contribution >= 4 is 67.1 Å². The highest BCUT2D eigenvalue weighted by Crippen LogP contribution is 2.52. The molecule has 0 bridgehead atoms. The molecule has 0 saturated heterocycles. The smallest absolute Gasteiger partial charge is 0.0829 e. The van der Waals surface area contributed by atoms with E-state index in [9.17, 15) is 0 Å². The van der Waals surface area contributed by atoms with E-state index in [1.165, 1.54) is 115 Å². The Labute approximate surface area is 369 Å². The molecule has 296 valence electrons. The van der Waals surface area contributed by atoms with Crippen LogP contribution in [0.4, 0.5) is 0 Å². The first-order chi connectivity index (χ1) is 31.0. The molecule has 0 nitrogen and oxygen atoms in total. The molecule has 13 rings (SSSR count). The van der Waals surface area contributed by atoms with Gasteiger partial charge in [-0.25, -0.2) is 0 Å². The van der Waals surface area contributed by atoms with Gasteiger partial charge in [0.1, 0.15) is 0 Å². The molecule has 0 N–H and O–H groups in total. The standard InChI is InChI=1S/C62H44Si/c1-63(2)57-22-10-9-20-49(57)53-37-55-56(38-58(53)63)61(46-29-25-42(26-30-46)40-15-7-4-8-16-40)54-35-47(33-34-51(54)60(55)45-27-23-41(24-28-45)39-13-5-3-6-14-39)52-36-48-19-11-17-43-31-32-44-18-12-21-50(52)62(44)59(43)48/h3-38,49,57H,1-2H3. The van der Waals surface area contributed by atoms with Crippen LogP contribution in [0.15, 0.2) is 218 Å². The van der Waals surface area contributed by atoms with E-state index in [1.807, 2.05) is 0 Å². The molecule has 2 aliphatic rings. The highest BCUT2D eigenvalue weighted by atomic mass is 28.3. The molecule has 0 amide bonds. The molecule has 11 aromatic carbocycles. The summed E-state index contributed by atoms with van der Waals surface area (Å²) in [6, 6.07) is 73.4. The van der Waals surface area contributed by atoms with Crippen molar-refractivity contribution in [2.45, 2.75) is 24.6 Å². The predicted molar refractivity (Wildman–Crippen MR) is 274 cm³/mol. The van der Waals surface area contributed by atoms with E-state index in [0.717, 1.165) is 0 Å². The van der Waals surface area contributed by atoms with Crippen LogP contribution in [0, 0.1) is 0 Å². The maximum Gasteiger partial charge on any atom is 0.0887 e. The molecular formula is C62H44Si. The first-order valence-electron chi connectivity index (χ1n) is 22.4. The third-order valence-corrected chi connectivity index (χ3v) is 18.7. The van der Waals surface area contributed by atoms with Crippen LogP contribution in [0.3, 0.4) is 0 Å². The minimum absolute atomic E-state index is 0.407. The number of rotatable bonds is 5. The number of hydrogen-bond donors (Lipinski definition) is 0. The van der Waals surface area contributed by atoms with Crippen molar-refractivity contribution in [3.8, 4) is 55.6 Å². The molecule has 0 radical (unpaired) electrons. The van der Waals surface area contributed by atoms with Gasteiger partial charge in [0.25, 0.3) is 0 Å². The quantitative estimate of drug-likeness (QED) is 0.0922. The minimum atomic E-state index is -1.89. The summed E-state index contributed by atoms with van der Waals surface area (Å²) in [4.78, 5) is 0. The Morgan fingerprint density at radius 3 is 1.56 bits per heavy atom. The van der Waals surface area contributed by atoms with Gasteiger partial charge in [0.15, 0.2) is 0 Å². The van der Waals surface area contributed by atoms with Crippen molar-refractivity contribution in [3.63, 3.8) is 0 Å². The summed E-state index contributed by atoms with van der Waals surface area (Å²) in [6.07, 6.45) is 9.54. The number of fused-ring (bicyclic) bond motifs is 5. The molecule has 2 atom stereocenters. The van der Waals surface area contributed by atoms with E-state index in [-0.39, 0.29) is 0 Å². The fourth-order valence-electron chi connectivity index (χ4n) is 11.6. The summed E-state index contributed by atoms with van der Waals surface area (Å²) in [7, 11) is -1.89. The molecule has 0 saturated carbocycles. The third kappa shape index (κ3) is 5.53. The minimum Gasteiger partial charge on any atom is -0.0829 e. The van der Waals surface area contributed by atoms with E-state index in [2.05, 4.69) is 232 Å². The van der Waals surface area contributed by atoms with E-state index < -0.39 is 8.07 Å². The van der Waals surface area contributed by atoms with Gasteiger partial charge in [-0.05, 0) is 139 Å². The van der Waals surface area contributed by atoms with Crippen LogP contribution >= 0.6 is 0 Å². The lowest BCUT2D eigenvalue weighted by atomic mass is 9.82. The van der Waals surface area contributed by atoms with Gasteiger partial charge in [-0.1, -0.05) is 219 Å². The molecule has 1 heterocycles. The average molecular weight is 817 g/mol. The van der Waals surface area contributed by atoms with Crippen molar-refractivity contribution < 1.29 is 0 Å². The van der Waals surface area contributed by atoms with Gasteiger partial charge < -0.3 is 0 Å². The Bertz CT molecular complexity index is 3670. The first kappa shape index (κ1) is 36.3. The normalized spacial score (nSPS) is 16.4. The average Bonchev–Trinajstić information content (AvgIpc) is 3.57. The van der Waals surface area contributed by atoms with Crippen LogP contribution in [0.1, 0.15) is 11.5 Å². The summed E-state index contributed by atoms with van der Waals surface area (Å²) in [5.41, 5.74) is 14.6. The van der Waals surface area contributed by atoms with Gasteiger partial charge >= 0.3 is 0 Å². The van der Waals surface area contributed by atoms with Crippen LogP contribution in [0.5, 0.6) is 0 Å². The van der Waals surface area contributed by atoms with Crippen molar-refractivity contribution in [1.82, 2.24) is 0 Å². The zero-order valence-electron chi connectivity index (χ0n) is 35.4. The molecule has 0 aromatic heterocycles. The second-order valence-electron chi connectivity index (χ2n) is 18.4. The fourth-order valence-corrected chi connectivity index (χ4v) is 15.2. The molecule has 1 aliphatic heterocycles.